The van der Waals surface area contributed by atoms with Gasteiger partial charge in [0.25, 0.3) is 0 Å². The molecule has 5 heteroatoms. The van der Waals surface area contributed by atoms with Crippen LogP contribution in [0.2, 0.25) is 0 Å². The fourth-order valence-corrected chi connectivity index (χ4v) is 4.97. The average molecular weight is 402 g/mol. The fourth-order valence-electron chi connectivity index (χ4n) is 4.25. The highest BCUT2D eigenvalue weighted by atomic mass is 32.1. The molecular weight excluding hydrogens is 383 g/mol. The van der Waals surface area contributed by atoms with Crippen molar-refractivity contribution in [1.29, 1.82) is 0 Å². The highest BCUT2D eigenvalue weighted by molar-refractivity contribution is 7.14. The first-order valence-electron chi connectivity index (χ1n) is 9.63. The molecule has 1 aliphatic rings. The van der Waals surface area contributed by atoms with Crippen LogP contribution in [0.4, 0.5) is 9.52 Å². The Balaban J connectivity index is 1.39. The standard InChI is InChI=1S/C24H19FN2OS/c1-14-16-7-3-2-6-15(16)12-20(14)23(28)27-24-26-22(13-29-24)19-10-11-21(25)18-9-5-4-8-17(18)19/h2-11,13-14,20H,12H2,1H3,(H,26,27,28). The first-order chi connectivity index (χ1) is 14.1. The van der Waals surface area contributed by atoms with Crippen molar-refractivity contribution in [2.45, 2.75) is 19.3 Å². The fraction of sp³-hybridized carbons (Fsp3) is 0.167. The van der Waals surface area contributed by atoms with E-state index in [9.17, 15) is 9.18 Å². The number of benzene rings is 3. The van der Waals surface area contributed by atoms with Crippen LogP contribution in [0.1, 0.15) is 24.0 Å². The van der Waals surface area contributed by atoms with Crippen molar-refractivity contribution in [3.8, 4) is 11.3 Å². The second-order valence-corrected chi connectivity index (χ2v) is 8.32. The van der Waals surface area contributed by atoms with Crippen LogP contribution in [0.15, 0.2) is 66.0 Å². The van der Waals surface area contributed by atoms with E-state index in [4.69, 9.17) is 0 Å². The van der Waals surface area contributed by atoms with Crippen LogP contribution >= 0.6 is 11.3 Å². The number of thiazole rings is 1. The van der Waals surface area contributed by atoms with Gasteiger partial charge >= 0.3 is 0 Å². The topological polar surface area (TPSA) is 42.0 Å². The van der Waals surface area contributed by atoms with Crippen LogP contribution in [0.3, 0.4) is 0 Å². The van der Waals surface area contributed by atoms with Crippen molar-refractivity contribution in [2.75, 3.05) is 5.32 Å². The third kappa shape index (κ3) is 3.12. The van der Waals surface area contributed by atoms with Crippen LogP contribution in [0.25, 0.3) is 22.0 Å². The number of amides is 1. The number of anilines is 1. The van der Waals surface area contributed by atoms with E-state index in [1.807, 2.05) is 35.7 Å². The molecule has 5 rings (SSSR count). The summed E-state index contributed by atoms with van der Waals surface area (Å²) in [6, 6.07) is 18.8. The molecule has 0 spiro atoms. The number of aromatic nitrogens is 1. The molecule has 2 atom stereocenters. The summed E-state index contributed by atoms with van der Waals surface area (Å²) in [5.41, 5.74) is 4.10. The van der Waals surface area contributed by atoms with Crippen molar-refractivity contribution in [2.24, 2.45) is 5.92 Å². The molecule has 4 aromatic rings. The second-order valence-electron chi connectivity index (χ2n) is 7.47. The van der Waals surface area contributed by atoms with Gasteiger partial charge in [0.05, 0.1) is 5.69 Å². The lowest BCUT2D eigenvalue weighted by molar-refractivity contribution is -0.120. The van der Waals surface area contributed by atoms with Gasteiger partial charge in [0.2, 0.25) is 5.91 Å². The van der Waals surface area contributed by atoms with Crippen molar-refractivity contribution >= 4 is 33.1 Å². The molecule has 0 aliphatic heterocycles. The number of nitrogens with zero attached hydrogens (tertiary/aromatic N) is 1. The number of fused-ring (bicyclic) bond motifs is 2. The van der Waals surface area contributed by atoms with Crippen molar-refractivity contribution in [3.05, 3.63) is 83.0 Å². The van der Waals surface area contributed by atoms with E-state index in [0.717, 1.165) is 23.1 Å². The molecular formula is C24H19FN2OS. The van der Waals surface area contributed by atoms with E-state index < -0.39 is 0 Å². The number of carbonyl (C=O) groups is 1. The molecule has 0 bridgehead atoms. The number of carbonyl (C=O) groups excluding carboxylic acids is 1. The maximum absolute atomic E-state index is 14.1. The lowest BCUT2D eigenvalue weighted by Crippen LogP contribution is -2.25. The van der Waals surface area contributed by atoms with Gasteiger partial charge in [-0.25, -0.2) is 9.37 Å². The average Bonchev–Trinajstić information content (AvgIpc) is 3.33. The van der Waals surface area contributed by atoms with E-state index in [1.54, 1.807) is 12.1 Å². The number of hydrogen-bond donors (Lipinski definition) is 1. The predicted molar refractivity (Wildman–Crippen MR) is 116 cm³/mol. The van der Waals surface area contributed by atoms with Crippen LogP contribution in [0, 0.1) is 11.7 Å². The molecule has 3 aromatic carbocycles. The van der Waals surface area contributed by atoms with Gasteiger partial charge in [-0.1, -0.05) is 55.5 Å². The number of nitrogens with one attached hydrogen (secondary N) is 1. The Morgan fingerprint density at radius 2 is 1.83 bits per heavy atom. The first-order valence-corrected chi connectivity index (χ1v) is 10.5. The molecule has 1 aromatic heterocycles. The minimum atomic E-state index is -0.247. The number of hydrogen-bond acceptors (Lipinski definition) is 3. The molecule has 0 saturated heterocycles. The SMILES string of the molecule is CC1c2ccccc2CC1C(=O)Nc1nc(-c2ccc(F)c3ccccc23)cs1. The summed E-state index contributed by atoms with van der Waals surface area (Å²) in [5, 5.41) is 6.85. The Morgan fingerprint density at radius 3 is 2.66 bits per heavy atom. The Bertz CT molecular complexity index is 1230. The lowest BCUT2D eigenvalue weighted by Gasteiger charge is -2.14. The molecule has 1 N–H and O–H groups in total. The zero-order valence-corrected chi connectivity index (χ0v) is 16.7. The quantitative estimate of drug-likeness (QED) is 0.455. The molecule has 1 heterocycles. The summed E-state index contributed by atoms with van der Waals surface area (Å²) in [5.74, 6) is -0.153. The Kier molecular flexibility index (Phi) is 4.40. The largest absolute Gasteiger partial charge is 0.302 e. The summed E-state index contributed by atoms with van der Waals surface area (Å²) < 4.78 is 14.1. The number of halogens is 1. The van der Waals surface area contributed by atoms with E-state index in [1.165, 1.54) is 28.5 Å². The van der Waals surface area contributed by atoms with Crippen LogP contribution in [-0.4, -0.2) is 10.9 Å². The third-order valence-electron chi connectivity index (χ3n) is 5.81. The summed E-state index contributed by atoms with van der Waals surface area (Å²) in [6.45, 7) is 2.11. The van der Waals surface area contributed by atoms with E-state index in [0.29, 0.717) is 10.5 Å². The molecule has 1 aliphatic carbocycles. The Morgan fingerprint density at radius 1 is 1.07 bits per heavy atom. The van der Waals surface area contributed by atoms with Crippen molar-refractivity contribution in [3.63, 3.8) is 0 Å². The zero-order chi connectivity index (χ0) is 20.0. The van der Waals surface area contributed by atoms with Gasteiger partial charge in [0, 0.05) is 22.2 Å². The molecule has 0 radical (unpaired) electrons. The third-order valence-corrected chi connectivity index (χ3v) is 6.56. The van der Waals surface area contributed by atoms with Gasteiger partial charge in [-0.2, -0.15) is 0 Å². The van der Waals surface area contributed by atoms with Crippen LogP contribution < -0.4 is 5.32 Å². The summed E-state index contributed by atoms with van der Waals surface area (Å²) in [4.78, 5) is 17.5. The monoisotopic (exact) mass is 402 g/mol. The van der Waals surface area contributed by atoms with E-state index in [-0.39, 0.29) is 23.6 Å². The predicted octanol–water partition coefficient (Wildman–Crippen LogP) is 6.02. The Hall–Kier alpha value is -3.05. The van der Waals surface area contributed by atoms with Crippen LogP contribution in [-0.2, 0) is 11.2 Å². The van der Waals surface area contributed by atoms with E-state index >= 15 is 0 Å². The second kappa shape index (κ2) is 7.08. The minimum absolute atomic E-state index is 0.00133. The van der Waals surface area contributed by atoms with Crippen molar-refractivity contribution < 1.29 is 9.18 Å². The van der Waals surface area contributed by atoms with Gasteiger partial charge in [-0.05, 0) is 41.0 Å². The lowest BCUT2D eigenvalue weighted by atomic mass is 9.94. The summed E-state index contributed by atoms with van der Waals surface area (Å²) in [6.07, 6.45) is 0.754. The maximum atomic E-state index is 14.1. The number of rotatable bonds is 3. The van der Waals surface area contributed by atoms with Gasteiger partial charge in [-0.15, -0.1) is 11.3 Å². The van der Waals surface area contributed by atoms with E-state index in [2.05, 4.69) is 29.4 Å². The highest BCUT2D eigenvalue weighted by Gasteiger charge is 2.34. The minimum Gasteiger partial charge on any atom is -0.302 e. The summed E-state index contributed by atoms with van der Waals surface area (Å²) in [7, 11) is 0. The van der Waals surface area contributed by atoms with Gasteiger partial charge in [-0.3, -0.25) is 4.79 Å². The Labute approximate surface area is 172 Å². The molecule has 1 amide bonds. The molecule has 0 saturated carbocycles. The smallest absolute Gasteiger partial charge is 0.230 e. The highest BCUT2D eigenvalue weighted by Crippen LogP contribution is 2.38. The van der Waals surface area contributed by atoms with Crippen molar-refractivity contribution in [1.82, 2.24) is 4.98 Å². The zero-order valence-electron chi connectivity index (χ0n) is 15.9. The molecule has 2 unspecified atom stereocenters. The molecule has 144 valence electrons. The molecule has 3 nitrogen and oxygen atoms in total. The normalized spacial score (nSPS) is 18.0. The van der Waals surface area contributed by atoms with Gasteiger partial charge < -0.3 is 5.32 Å². The maximum Gasteiger partial charge on any atom is 0.230 e. The van der Waals surface area contributed by atoms with Gasteiger partial charge in [0.1, 0.15) is 5.82 Å². The molecule has 29 heavy (non-hydrogen) atoms. The summed E-state index contributed by atoms with van der Waals surface area (Å²) >= 11 is 1.39. The first kappa shape index (κ1) is 18.0. The molecule has 0 fully saturated rings. The van der Waals surface area contributed by atoms with Crippen LogP contribution in [0.5, 0.6) is 0 Å². The van der Waals surface area contributed by atoms with Gasteiger partial charge in [0.15, 0.2) is 5.13 Å².